The first kappa shape index (κ1) is 22.0. The first-order valence-corrected chi connectivity index (χ1v) is 11.3. The maximum Gasteiger partial charge on any atom is 0.296 e. The van der Waals surface area contributed by atoms with E-state index in [1.807, 2.05) is 6.92 Å². The molecule has 2 aromatic carbocycles. The summed E-state index contributed by atoms with van der Waals surface area (Å²) in [6.45, 7) is 2.83. The number of unbranched alkanes of at least 4 members (excludes halogenated alkanes) is 1. The van der Waals surface area contributed by atoms with E-state index in [2.05, 4.69) is 0 Å². The molecule has 30 heavy (non-hydrogen) atoms. The van der Waals surface area contributed by atoms with Crippen LogP contribution < -0.4 is 4.74 Å². The third kappa shape index (κ3) is 5.67. The van der Waals surface area contributed by atoms with Crippen molar-refractivity contribution in [2.75, 3.05) is 19.8 Å². The molecule has 0 unspecified atom stereocenters. The highest BCUT2D eigenvalue weighted by Crippen LogP contribution is 2.18. The maximum atomic E-state index is 12.3. The van der Waals surface area contributed by atoms with Crippen molar-refractivity contribution >= 4 is 21.9 Å². The van der Waals surface area contributed by atoms with E-state index in [1.54, 1.807) is 36.4 Å². The van der Waals surface area contributed by atoms with Crippen molar-refractivity contribution in [3.05, 3.63) is 59.7 Å². The van der Waals surface area contributed by atoms with Crippen LogP contribution in [0, 0.1) is 6.92 Å². The molecular formula is C22H25NO6S. The number of carbonyl (C=O) groups excluding carboxylic acids is 2. The minimum Gasteiger partial charge on any atom is -0.494 e. The highest BCUT2D eigenvalue weighted by atomic mass is 32.2. The van der Waals surface area contributed by atoms with Gasteiger partial charge in [0.05, 0.1) is 18.1 Å². The lowest BCUT2D eigenvalue weighted by Crippen LogP contribution is -2.31. The Kier molecular flexibility index (Phi) is 7.23. The van der Waals surface area contributed by atoms with E-state index in [9.17, 15) is 18.0 Å². The van der Waals surface area contributed by atoms with E-state index >= 15 is 0 Å². The lowest BCUT2D eigenvalue weighted by Gasteiger charge is -2.13. The monoisotopic (exact) mass is 431 g/mol. The molecule has 0 bridgehead atoms. The fourth-order valence-corrected chi connectivity index (χ4v) is 3.99. The van der Waals surface area contributed by atoms with E-state index in [4.69, 9.17) is 8.92 Å². The number of hydrogen-bond donors (Lipinski definition) is 0. The lowest BCUT2D eigenvalue weighted by molar-refractivity contribution is -0.125. The van der Waals surface area contributed by atoms with Crippen LogP contribution in [0.4, 0.5) is 0 Å². The van der Waals surface area contributed by atoms with Gasteiger partial charge in [-0.2, -0.15) is 8.42 Å². The van der Waals surface area contributed by atoms with Crippen LogP contribution in [0.15, 0.2) is 53.4 Å². The topological polar surface area (TPSA) is 90.0 Å². The number of hydrogen-bond acceptors (Lipinski definition) is 6. The lowest BCUT2D eigenvalue weighted by atomic mass is 10.2. The standard InChI is InChI=1S/C22H25NO6S/c1-17-6-12-20(13-7-17)30(26,27)29-16-3-2-15-28-19-10-8-18(9-11-19)22(25)23-14-4-5-21(23)24/h6-13H,2-5,14-16H2,1H3. The third-order valence-electron chi connectivity index (χ3n) is 4.78. The van der Waals surface area contributed by atoms with Gasteiger partial charge in [-0.25, -0.2) is 0 Å². The molecule has 160 valence electrons. The predicted octanol–water partition coefficient (Wildman–Crippen LogP) is 3.32. The molecular weight excluding hydrogens is 406 g/mol. The highest BCUT2D eigenvalue weighted by molar-refractivity contribution is 7.86. The Morgan fingerprint density at radius 3 is 2.30 bits per heavy atom. The second-order valence-corrected chi connectivity index (χ2v) is 8.74. The molecule has 0 N–H and O–H groups in total. The number of amides is 2. The van der Waals surface area contributed by atoms with Gasteiger partial charge in [0, 0.05) is 18.5 Å². The maximum absolute atomic E-state index is 12.3. The summed E-state index contributed by atoms with van der Waals surface area (Å²) in [5, 5.41) is 0. The number of carbonyl (C=O) groups is 2. The summed E-state index contributed by atoms with van der Waals surface area (Å²) in [4.78, 5) is 25.4. The fraction of sp³-hybridized carbons (Fsp3) is 0.364. The normalized spacial score (nSPS) is 14.2. The van der Waals surface area contributed by atoms with Crippen LogP contribution in [0.1, 0.15) is 41.6 Å². The van der Waals surface area contributed by atoms with Crippen molar-refractivity contribution in [3.8, 4) is 5.75 Å². The van der Waals surface area contributed by atoms with Crippen molar-refractivity contribution < 1.29 is 26.9 Å². The van der Waals surface area contributed by atoms with Gasteiger partial charge in [-0.05, 0) is 62.6 Å². The Bertz CT molecular complexity index is 983. The minimum absolute atomic E-state index is 0.0802. The summed E-state index contributed by atoms with van der Waals surface area (Å²) >= 11 is 0. The molecule has 0 aromatic heterocycles. The summed E-state index contributed by atoms with van der Waals surface area (Å²) < 4.78 is 34.9. The molecule has 1 aliphatic heterocycles. The van der Waals surface area contributed by atoms with Crippen LogP contribution in [0.25, 0.3) is 0 Å². The summed E-state index contributed by atoms with van der Waals surface area (Å²) in [5.74, 6) is 0.190. The third-order valence-corrected chi connectivity index (χ3v) is 6.10. The molecule has 3 rings (SSSR count). The second-order valence-electron chi connectivity index (χ2n) is 7.12. The van der Waals surface area contributed by atoms with E-state index in [0.717, 1.165) is 5.56 Å². The van der Waals surface area contributed by atoms with E-state index in [0.29, 0.717) is 50.1 Å². The van der Waals surface area contributed by atoms with Crippen LogP contribution in [-0.4, -0.2) is 44.9 Å². The summed E-state index contributed by atoms with van der Waals surface area (Å²) in [5.41, 5.74) is 1.43. The molecule has 7 nitrogen and oxygen atoms in total. The van der Waals surface area contributed by atoms with Gasteiger partial charge in [0.25, 0.3) is 16.0 Å². The van der Waals surface area contributed by atoms with Crippen molar-refractivity contribution in [3.63, 3.8) is 0 Å². The van der Waals surface area contributed by atoms with Crippen LogP contribution in [-0.2, 0) is 19.1 Å². The quantitative estimate of drug-likeness (QED) is 0.344. The summed E-state index contributed by atoms with van der Waals surface area (Å²) in [7, 11) is -3.74. The molecule has 2 amide bonds. The molecule has 2 aromatic rings. The smallest absolute Gasteiger partial charge is 0.296 e. The van der Waals surface area contributed by atoms with Crippen LogP contribution in [0.5, 0.6) is 5.75 Å². The SMILES string of the molecule is Cc1ccc(S(=O)(=O)OCCCCOc2ccc(C(=O)N3CCCC3=O)cc2)cc1. The zero-order chi connectivity index (χ0) is 21.6. The number of rotatable bonds is 9. The molecule has 1 fully saturated rings. The minimum atomic E-state index is -3.74. The summed E-state index contributed by atoms with van der Waals surface area (Å²) in [6, 6.07) is 13.2. The predicted molar refractivity (Wildman–Crippen MR) is 111 cm³/mol. The van der Waals surface area contributed by atoms with Crippen molar-refractivity contribution in [2.45, 2.75) is 37.5 Å². The summed E-state index contributed by atoms with van der Waals surface area (Å²) in [6.07, 6.45) is 2.27. The molecule has 0 saturated carbocycles. The number of likely N-dealkylation sites (tertiary alicyclic amines) is 1. The first-order chi connectivity index (χ1) is 14.4. The van der Waals surface area contributed by atoms with Gasteiger partial charge >= 0.3 is 0 Å². The molecule has 1 heterocycles. The van der Waals surface area contributed by atoms with Crippen molar-refractivity contribution in [2.24, 2.45) is 0 Å². The van der Waals surface area contributed by atoms with Crippen LogP contribution in [0.3, 0.4) is 0 Å². The number of nitrogens with zero attached hydrogens (tertiary/aromatic N) is 1. The fourth-order valence-electron chi connectivity index (χ4n) is 3.05. The molecule has 0 spiro atoms. The van der Waals surface area contributed by atoms with Crippen LogP contribution in [0.2, 0.25) is 0 Å². The average Bonchev–Trinajstić information content (AvgIpc) is 3.16. The number of imide groups is 1. The Morgan fingerprint density at radius 2 is 1.67 bits per heavy atom. The second kappa shape index (κ2) is 9.86. The number of benzene rings is 2. The Hall–Kier alpha value is -2.71. The van der Waals surface area contributed by atoms with Crippen LogP contribution >= 0.6 is 0 Å². The van der Waals surface area contributed by atoms with E-state index in [-0.39, 0.29) is 23.3 Å². The van der Waals surface area contributed by atoms with Gasteiger partial charge in [0.15, 0.2) is 0 Å². The molecule has 1 aliphatic rings. The van der Waals surface area contributed by atoms with Gasteiger partial charge in [-0.3, -0.25) is 18.7 Å². The van der Waals surface area contributed by atoms with E-state index in [1.165, 1.54) is 17.0 Å². The first-order valence-electron chi connectivity index (χ1n) is 9.90. The van der Waals surface area contributed by atoms with Gasteiger partial charge in [0.2, 0.25) is 5.91 Å². The zero-order valence-corrected chi connectivity index (χ0v) is 17.7. The molecule has 0 atom stereocenters. The Morgan fingerprint density at radius 1 is 1.00 bits per heavy atom. The van der Waals surface area contributed by atoms with Crippen molar-refractivity contribution in [1.82, 2.24) is 4.90 Å². The van der Waals surface area contributed by atoms with Gasteiger partial charge in [-0.15, -0.1) is 0 Å². The van der Waals surface area contributed by atoms with Crippen molar-refractivity contribution in [1.29, 1.82) is 0 Å². The average molecular weight is 432 g/mol. The molecule has 8 heteroatoms. The Labute approximate surface area is 176 Å². The molecule has 1 saturated heterocycles. The van der Waals surface area contributed by atoms with E-state index < -0.39 is 10.1 Å². The highest BCUT2D eigenvalue weighted by Gasteiger charge is 2.27. The number of aryl methyl sites for hydroxylation is 1. The zero-order valence-electron chi connectivity index (χ0n) is 16.9. The van der Waals surface area contributed by atoms with Gasteiger partial charge in [-0.1, -0.05) is 17.7 Å². The number of ether oxygens (including phenoxy) is 1. The van der Waals surface area contributed by atoms with Gasteiger partial charge in [0.1, 0.15) is 5.75 Å². The Balaban J connectivity index is 1.38. The molecule has 0 aliphatic carbocycles. The van der Waals surface area contributed by atoms with Gasteiger partial charge < -0.3 is 4.74 Å². The largest absolute Gasteiger partial charge is 0.494 e. The molecule has 0 radical (unpaired) electrons.